The number of hydrogen-bond donors (Lipinski definition) is 0. The van der Waals surface area contributed by atoms with Gasteiger partial charge in [-0.15, -0.1) is 11.3 Å². The fourth-order valence-corrected chi connectivity index (χ4v) is 6.47. The van der Waals surface area contributed by atoms with Crippen molar-refractivity contribution in [1.29, 1.82) is 0 Å². The van der Waals surface area contributed by atoms with Crippen molar-refractivity contribution >= 4 is 44.8 Å². The van der Waals surface area contributed by atoms with E-state index in [-0.39, 0.29) is 35.0 Å². The number of non-ortho nitro benzene ring substituents is 1. The van der Waals surface area contributed by atoms with Crippen LogP contribution in [0.1, 0.15) is 34.0 Å². The molecule has 2 aromatic heterocycles. The van der Waals surface area contributed by atoms with E-state index in [2.05, 4.69) is 0 Å². The molecule has 220 valence electrons. The molecule has 0 saturated heterocycles. The maximum atomic E-state index is 14.9. The Morgan fingerprint density at radius 2 is 1.77 bits per heavy atom. The Morgan fingerprint density at radius 1 is 1.05 bits per heavy atom. The molecule has 5 aromatic rings. The molecule has 0 unspecified atom stereocenters. The molecule has 0 bridgehead atoms. The van der Waals surface area contributed by atoms with Gasteiger partial charge in [0.05, 0.1) is 23.5 Å². The van der Waals surface area contributed by atoms with E-state index >= 15 is 0 Å². The summed E-state index contributed by atoms with van der Waals surface area (Å²) in [6.45, 7) is 2.57. The van der Waals surface area contributed by atoms with Gasteiger partial charge in [-0.2, -0.15) is 0 Å². The maximum Gasteiger partial charge on any atom is 0.343 e. The number of halogens is 2. The van der Waals surface area contributed by atoms with Crippen LogP contribution in [0.5, 0.6) is 0 Å². The Hall–Kier alpha value is -4.38. The van der Waals surface area contributed by atoms with E-state index in [9.17, 15) is 24.1 Å². The topological polar surface area (TPSA) is 94.7 Å². The van der Waals surface area contributed by atoms with E-state index < -0.39 is 22.1 Å². The highest BCUT2D eigenvalue weighted by molar-refractivity contribution is 7.22. The second-order valence-corrected chi connectivity index (χ2v) is 11.4. The van der Waals surface area contributed by atoms with Gasteiger partial charge in [0.2, 0.25) is 5.43 Å². The summed E-state index contributed by atoms with van der Waals surface area (Å²) in [4.78, 5) is 41.1. The molecular formula is C32H27ClFN3O5S. The summed E-state index contributed by atoms with van der Waals surface area (Å²) in [5.74, 6) is -1.30. The maximum absolute atomic E-state index is 14.9. The third kappa shape index (κ3) is 6.36. The average molecular weight is 620 g/mol. The number of nitro benzene ring substituents is 1. The molecule has 5 rings (SSSR count). The first-order valence-electron chi connectivity index (χ1n) is 13.4. The molecule has 8 nitrogen and oxygen atoms in total. The van der Waals surface area contributed by atoms with E-state index in [0.717, 1.165) is 5.56 Å². The number of nitrogens with zero attached hydrogens (tertiary/aromatic N) is 3. The lowest BCUT2D eigenvalue weighted by molar-refractivity contribution is -0.384. The summed E-state index contributed by atoms with van der Waals surface area (Å²) < 4.78 is 21.8. The molecule has 11 heteroatoms. The number of nitro groups is 1. The predicted octanol–water partition coefficient (Wildman–Crippen LogP) is 7.29. The number of pyridine rings is 1. The van der Waals surface area contributed by atoms with Crippen LogP contribution < -0.4 is 5.43 Å². The molecule has 0 saturated carbocycles. The number of hydrogen-bond acceptors (Lipinski definition) is 7. The number of rotatable bonds is 10. The SMILES string of the molecule is CCOC(=O)c1cn(Cc2c(F)cccc2Cl)c2sc(-c3ccc([N+](=O)[O-])cc3)c(CN(C)Cc3ccccc3)c2c1=O. The van der Waals surface area contributed by atoms with Crippen LogP contribution in [0.15, 0.2) is 83.8 Å². The summed E-state index contributed by atoms with van der Waals surface area (Å²) in [7, 11) is 1.92. The lowest BCUT2D eigenvalue weighted by Crippen LogP contribution is -2.23. The van der Waals surface area contributed by atoms with Crippen molar-refractivity contribution in [2.45, 2.75) is 26.6 Å². The molecule has 0 aliphatic heterocycles. The summed E-state index contributed by atoms with van der Waals surface area (Å²) in [5.41, 5.74) is 1.85. The van der Waals surface area contributed by atoms with Gasteiger partial charge >= 0.3 is 5.97 Å². The van der Waals surface area contributed by atoms with Crippen LogP contribution >= 0.6 is 22.9 Å². The summed E-state index contributed by atoms with van der Waals surface area (Å²) >= 11 is 7.66. The number of fused-ring (bicyclic) bond motifs is 1. The molecular weight excluding hydrogens is 593 g/mol. The normalized spacial score (nSPS) is 11.3. The molecule has 3 aromatic carbocycles. The van der Waals surface area contributed by atoms with Crippen molar-refractivity contribution in [3.8, 4) is 10.4 Å². The fraction of sp³-hybridized carbons (Fsp3) is 0.188. The summed E-state index contributed by atoms with van der Waals surface area (Å²) in [6, 6.07) is 20.3. The standard InChI is InChI=1S/C32H27ClFN3O5S/c1-3-42-32(39)25-19-36(18-23-26(33)10-7-11-27(23)34)31-28(29(25)38)24(17-35(2)16-20-8-5-4-6-9-20)30(43-31)21-12-14-22(15-13-21)37(40)41/h4-15,19H,3,16-18H2,1-2H3. The number of aromatic nitrogens is 1. The highest BCUT2D eigenvalue weighted by Gasteiger charge is 2.25. The van der Waals surface area contributed by atoms with E-state index in [1.165, 1.54) is 41.8 Å². The van der Waals surface area contributed by atoms with Gasteiger partial charge in [-0.25, -0.2) is 9.18 Å². The second kappa shape index (κ2) is 12.9. The van der Waals surface area contributed by atoms with Gasteiger partial charge in [-0.05, 0) is 54.9 Å². The predicted molar refractivity (Wildman–Crippen MR) is 166 cm³/mol. The Kier molecular flexibility index (Phi) is 9.00. The molecule has 0 aliphatic carbocycles. The number of ether oxygens (including phenoxy) is 1. The quantitative estimate of drug-likeness (QED) is 0.0926. The zero-order valence-electron chi connectivity index (χ0n) is 23.4. The average Bonchev–Trinajstić information content (AvgIpc) is 3.36. The Balaban J connectivity index is 1.75. The largest absolute Gasteiger partial charge is 0.462 e. The van der Waals surface area contributed by atoms with Crippen molar-refractivity contribution < 1.29 is 18.8 Å². The third-order valence-corrected chi connectivity index (χ3v) is 8.63. The first kappa shape index (κ1) is 30.1. The Morgan fingerprint density at radius 3 is 2.42 bits per heavy atom. The molecule has 0 atom stereocenters. The molecule has 0 aliphatic rings. The summed E-state index contributed by atoms with van der Waals surface area (Å²) in [6.07, 6.45) is 1.39. The van der Waals surface area contributed by atoms with E-state index in [0.29, 0.717) is 39.3 Å². The molecule has 0 radical (unpaired) electrons. The molecule has 0 amide bonds. The molecule has 0 fully saturated rings. The Labute approximate surface area is 255 Å². The third-order valence-electron chi connectivity index (χ3n) is 6.96. The highest BCUT2D eigenvalue weighted by atomic mass is 35.5. The van der Waals surface area contributed by atoms with Gasteiger partial charge in [0, 0.05) is 46.9 Å². The number of carbonyl (C=O) groups excluding carboxylic acids is 1. The molecule has 43 heavy (non-hydrogen) atoms. The van der Waals surface area contributed by atoms with Gasteiger partial charge in [0.25, 0.3) is 5.69 Å². The zero-order valence-corrected chi connectivity index (χ0v) is 25.0. The number of benzene rings is 3. The number of esters is 1. The first-order valence-corrected chi connectivity index (χ1v) is 14.6. The zero-order chi connectivity index (χ0) is 30.7. The molecule has 0 N–H and O–H groups in total. The van der Waals surface area contributed by atoms with Crippen LogP contribution in [0.25, 0.3) is 20.7 Å². The minimum absolute atomic E-state index is 0.0474. The van der Waals surface area contributed by atoms with E-state index in [1.807, 2.05) is 42.3 Å². The van der Waals surface area contributed by atoms with Gasteiger partial charge < -0.3 is 9.30 Å². The summed E-state index contributed by atoms with van der Waals surface area (Å²) in [5, 5.41) is 11.8. The van der Waals surface area contributed by atoms with Crippen LogP contribution in [0.3, 0.4) is 0 Å². The van der Waals surface area contributed by atoms with Crippen molar-refractivity contribution in [2.24, 2.45) is 0 Å². The first-order chi connectivity index (χ1) is 20.7. The smallest absolute Gasteiger partial charge is 0.343 e. The molecule has 0 spiro atoms. The van der Waals surface area contributed by atoms with Crippen molar-refractivity contribution in [3.63, 3.8) is 0 Å². The van der Waals surface area contributed by atoms with Crippen LogP contribution in [-0.4, -0.2) is 34.0 Å². The van der Waals surface area contributed by atoms with E-state index in [1.54, 1.807) is 29.7 Å². The van der Waals surface area contributed by atoms with E-state index in [4.69, 9.17) is 16.3 Å². The van der Waals surface area contributed by atoms with Gasteiger partial charge in [-0.1, -0.05) is 48.0 Å². The Bertz CT molecular complexity index is 1850. The van der Waals surface area contributed by atoms with Crippen LogP contribution in [0, 0.1) is 15.9 Å². The van der Waals surface area contributed by atoms with Crippen LogP contribution in [0.4, 0.5) is 10.1 Å². The van der Waals surface area contributed by atoms with Crippen molar-refractivity contribution in [3.05, 3.63) is 132 Å². The molecule has 2 heterocycles. The van der Waals surface area contributed by atoms with Crippen molar-refractivity contribution in [1.82, 2.24) is 9.47 Å². The lowest BCUT2D eigenvalue weighted by Gasteiger charge is -2.18. The number of carbonyl (C=O) groups is 1. The number of thiophene rings is 1. The van der Waals surface area contributed by atoms with Gasteiger partial charge in [0.1, 0.15) is 16.2 Å². The van der Waals surface area contributed by atoms with Gasteiger partial charge in [0.15, 0.2) is 0 Å². The minimum atomic E-state index is -0.783. The van der Waals surface area contributed by atoms with Crippen LogP contribution in [0.2, 0.25) is 5.02 Å². The van der Waals surface area contributed by atoms with Crippen LogP contribution in [-0.2, 0) is 24.4 Å². The minimum Gasteiger partial charge on any atom is -0.462 e. The monoisotopic (exact) mass is 619 g/mol. The lowest BCUT2D eigenvalue weighted by atomic mass is 10.0. The highest BCUT2D eigenvalue weighted by Crippen LogP contribution is 2.39. The van der Waals surface area contributed by atoms with Crippen molar-refractivity contribution in [2.75, 3.05) is 13.7 Å². The second-order valence-electron chi connectivity index (χ2n) is 9.97. The fourth-order valence-electron chi connectivity index (χ4n) is 4.96. The van der Waals surface area contributed by atoms with Gasteiger partial charge in [-0.3, -0.25) is 19.8 Å².